The lowest BCUT2D eigenvalue weighted by Crippen LogP contribution is -3.00. The van der Waals surface area contributed by atoms with E-state index in [1.54, 1.807) is 6.07 Å². The van der Waals surface area contributed by atoms with E-state index < -0.39 is 0 Å². The van der Waals surface area contributed by atoms with E-state index in [9.17, 15) is 0 Å². The number of fused-ring (bicyclic) bond motifs is 1. The molecule has 0 radical (unpaired) electrons. The van der Waals surface area contributed by atoms with Crippen molar-refractivity contribution in [2.45, 2.75) is 13.5 Å². The molecule has 0 bridgehead atoms. The number of imidazole rings is 1. The van der Waals surface area contributed by atoms with Crippen LogP contribution in [0.1, 0.15) is 6.92 Å². The van der Waals surface area contributed by atoms with E-state index in [4.69, 9.17) is 11.6 Å². The number of aryl methyl sites for hydroxylation is 1. The number of aromatic nitrogens is 4. The topological polar surface area (TPSA) is 62.5 Å². The number of anilines is 1. The number of halogens is 2. The van der Waals surface area contributed by atoms with E-state index >= 15 is 0 Å². The van der Waals surface area contributed by atoms with Gasteiger partial charge in [-0.25, -0.2) is 19.1 Å². The Morgan fingerprint density at radius 2 is 1.93 bits per heavy atom. The molecule has 0 N–H and O–H groups in total. The summed E-state index contributed by atoms with van der Waals surface area (Å²) in [6, 6.07) is 11.7. The molecule has 156 valence electrons. The standard InChI is InChI=1S/C20H21ClN7S.BrH/c1-3-28(13-12-27-11-10-26(2)14-27)16-6-4-15(5-7-16)24-25-20-22-17-8-9-18(21)23-19(17)29-20;/h4-11,14H,3,12-13H2,1-2H3;1H/q+1;/p-1/b25-24+;. The quantitative estimate of drug-likeness (QED) is 0.219. The number of benzene rings is 1. The number of pyridine rings is 1. The van der Waals surface area contributed by atoms with E-state index in [0.29, 0.717) is 10.3 Å². The van der Waals surface area contributed by atoms with Gasteiger partial charge in [0, 0.05) is 12.2 Å². The summed E-state index contributed by atoms with van der Waals surface area (Å²) in [6.45, 7) is 4.98. The fourth-order valence-corrected chi connectivity index (χ4v) is 3.95. The molecule has 0 spiro atoms. The minimum absolute atomic E-state index is 0. The van der Waals surface area contributed by atoms with Gasteiger partial charge in [-0.15, -0.1) is 10.2 Å². The molecule has 4 aromatic rings. The van der Waals surface area contributed by atoms with Gasteiger partial charge in [-0.2, -0.15) is 0 Å². The molecule has 0 unspecified atom stereocenters. The Hall–Kier alpha value is -2.36. The zero-order valence-corrected chi connectivity index (χ0v) is 19.8. The lowest BCUT2D eigenvalue weighted by molar-refractivity contribution is -0.671. The molecule has 3 heterocycles. The molecular formula is C20H21BrClN7S. The number of azo groups is 1. The predicted octanol–water partition coefficient (Wildman–Crippen LogP) is 1.92. The summed E-state index contributed by atoms with van der Waals surface area (Å²) in [6.07, 6.45) is 6.22. The molecule has 7 nitrogen and oxygen atoms in total. The van der Waals surface area contributed by atoms with Crippen molar-refractivity contribution in [2.75, 3.05) is 18.0 Å². The van der Waals surface area contributed by atoms with E-state index in [1.807, 2.05) is 36.0 Å². The highest BCUT2D eigenvalue weighted by Crippen LogP contribution is 2.29. The Labute approximate surface area is 194 Å². The molecule has 4 rings (SSSR count). The molecule has 10 heteroatoms. The van der Waals surface area contributed by atoms with Gasteiger partial charge in [-0.3, -0.25) is 0 Å². The van der Waals surface area contributed by atoms with Crippen LogP contribution < -0.4 is 26.4 Å². The highest BCUT2D eigenvalue weighted by molar-refractivity contribution is 7.21. The van der Waals surface area contributed by atoms with Crippen LogP contribution in [0.4, 0.5) is 16.5 Å². The number of hydrogen-bond donors (Lipinski definition) is 0. The Bertz CT molecular complexity index is 1140. The Morgan fingerprint density at radius 1 is 1.13 bits per heavy atom. The summed E-state index contributed by atoms with van der Waals surface area (Å²) in [4.78, 5) is 11.7. The van der Waals surface area contributed by atoms with Crippen LogP contribution in [0.3, 0.4) is 0 Å². The predicted molar refractivity (Wildman–Crippen MR) is 117 cm³/mol. The highest BCUT2D eigenvalue weighted by atomic mass is 79.9. The summed E-state index contributed by atoms with van der Waals surface area (Å²) < 4.78 is 4.23. The lowest BCUT2D eigenvalue weighted by Gasteiger charge is -2.22. The van der Waals surface area contributed by atoms with Crippen molar-refractivity contribution in [2.24, 2.45) is 17.3 Å². The van der Waals surface area contributed by atoms with Gasteiger partial charge in [0.1, 0.15) is 34.4 Å². The number of likely N-dealkylation sites (N-methyl/N-ethyl adjacent to an activating group) is 1. The van der Waals surface area contributed by atoms with E-state index in [0.717, 1.165) is 35.7 Å². The Morgan fingerprint density at radius 3 is 2.63 bits per heavy atom. The van der Waals surface area contributed by atoms with Gasteiger partial charge in [0.05, 0.1) is 19.3 Å². The summed E-state index contributed by atoms with van der Waals surface area (Å²) >= 11 is 7.29. The lowest BCUT2D eigenvalue weighted by atomic mass is 10.2. The molecule has 0 atom stereocenters. The van der Waals surface area contributed by atoms with Gasteiger partial charge in [0.25, 0.3) is 0 Å². The van der Waals surface area contributed by atoms with E-state index in [1.165, 1.54) is 17.0 Å². The fraction of sp³-hybridized carbons (Fsp3) is 0.250. The number of rotatable bonds is 7. The summed E-state index contributed by atoms with van der Waals surface area (Å²) in [5.74, 6) is 0. The van der Waals surface area contributed by atoms with E-state index in [-0.39, 0.29) is 17.0 Å². The van der Waals surface area contributed by atoms with Crippen molar-refractivity contribution in [1.82, 2.24) is 14.5 Å². The third-order valence-electron chi connectivity index (χ3n) is 4.51. The monoisotopic (exact) mass is 505 g/mol. The van der Waals surface area contributed by atoms with E-state index in [2.05, 4.69) is 61.2 Å². The first-order chi connectivity index (χ1) is 14.1. The first-order valence-electron chi connectivity index (χ1n) is 9.31. The molecule has 30 heavy (non-hydrogen) atoms. The molecule has 3 aromatic heterocycles. The Balaban J connectivity index is 0.00000256. The zero-order valence-electron chi connectivity index (χ0n) is 16.6. The van der Waals surface area contributed by atoms with Gasteiger partial charge < -0.3 is 21.9 Å². The fourth-order valence-electron chi connectivity index (χ4n) is 3.00. The first kappa shape index (κ1) is 22.3. The van der Waals surface area contributed by atoms with Crippen LogP contribution in [-0.4, -0.2) is 27.6 Å². The largest absolute Gasteiger partial charge is 1.00 e. The second-order valence-electron chi connectivity index (χ2n) is 6.57. The summed E-state index contributed by atoms with van der Waals surface area (Å²) in [5, 5.41) is 9.56. The number of nitrogens with zero attached hydrogens (tertiary/aromatic N) is 7. The van der Waals surface area contributed by atoms with Crippen LogP contribution in [0.5, 0.6) is 0 Å². The summed E-state index contributed by atoms with van der Waals surface area (Å²) in [7, 11) is 2.03. The molecule has 0 fully saturated rings. The Kier molecular flexibility index (Phi) is 7.52. The van der Waals surface area contributed by atoms with Crippen LogP contribution in [0.15, 0.2) is 65.3 Å². The minimum Gasteiger partial charge on any atom is -1.00 e. The van der Waals surface area contributed by atoms with Crippen LogP contribution in [0, 0.1) is 0 Å². The normalized spacial score (nSPS) is 11.2. The average Bonchev–Trinajstić information content (AvgIpc) is 3.33. The molecular weight excluding hydrogens is 486 g/mol. The molecule has 0 saturated carbocycles. The van der Waals surface area contributed by atoms with Crippen LogP contribution in [0.25, 0.3) is 10.3 Å². The molecule has 0 aliphatic rings. The van der Waals surface area contributed by atoms with Crippen molar-refractivity contribution in [3.05, 3.63) is 60.3 Å². The third-order valence-corrected chi connectivity index (χ3v) is 5.57. The van der Waals surface area contributed by atoms with Crippen LogP contribution >= 0.6 is 22.9 Å². The number of thiazole rings is 1. The molecule has 0 aliphatic carbocycles. The maximum atomic E-state index is 5.92. The molecule has 0 saturated heterocycles. The van der Waals surface area contributed by atoms with Gasteiger partial charge in [0.15, 0.2) is 0 Å². The van der Waals surface area contributed by atoms with Gasteiger partial charge in [-0.1, -0.05) is 22.9 Å². The van der Waals surface area contributed by atoms with Crippen molar-refractivity contribution < 1.29 is 21.5 Å². The van der Waals surface area contributed by atoms with Crippen molar-refractivity contribution in [3.8, 4) is 0 Å². The molecule has 1 aromatic carbocycles. The minimum atomic E-state index is 0. The summed E-state index contributed by atoms with van der Waals surface area (Å²) in [5.41, 5.74) is 2.73. The first-order valence-corrected chi connectivity index (χ1v) is 10.5. The maximum Gasteiger partial charge on any atom is 0.243 e. The highest BCUT2D eigenvalue weighted by Gasteiger charge is 2.08. The average molecular weight is 507 g/mol. The SMILES string of the molecule is CCN(CCn1cc[n+](C)c1)c1ccc(/N=N/c2nc3ccc(Cl)nc3s2)cc1.[Br-]. The van der Waals surface area contributed by atoms with Crippen LogP contribution in [0.2, 0.25) is 5.15 Å². The number of hydrogen-bond acceptors (Lipinski definition) is 6. The van der Waals surface area contributed by atoms with Crippen molar-refractivity contribution in [1.29, 1.82) is 0 Å². The smallest absolute Gasteiger partial charge is 0.243 e. The van der Waals surface area contributed by atoms with Gasteiger partial charge >= 0.3 is 0 Å². The van der Waals surface area contributed by atoms with Crippen molar-refractivity contribution >= 4 is 49.8 Å². The van der Waals surface area contributed by atoms with Crippen LogP contribution in [-0.2, 0) is 13.6 Å². The molecule has 0 amide bonds. The molecule has 0 aliphatic heterocycles. The zero-order chi connectivity index (χ0) is 20.2. The second-order valence-corrected chi connectivity index (χ2v) is 7.91. The van der Waals surface area contributed by atoms with Gasteiger partial charge in [0.2, 0.25) is 11.5 Å². The maximum absolute atomic E-state index is 5.92. The third kappa shape index (κ3) is 5.41. The van der Waals surface area contributed by atoms with Gasteiger partial charge in [-0.05, 0) is 43.3 Å². The second kappa shape index (κ2) is 10.1. The van der Waals surface area contributed by atoms with Crippen molar-refractivity contribution in [3.63, 3.8) is 0 Å².